The zero-order valence-corrected chi connectivity index (χ0v) is 10.6. The first-order valence-corrected chi connectivity index (χ1v) is 6.60. The number of aliphatic hydroxyl groups excluding tert-OH is 1. The first-order valence-electron chi connectivity index (χ1n) is 5.73. The lowest BCUT2D eigenvalue weighted by Gasteiger charge is -2.11. The Morgan fingerprint density at radius 2 is 2.18 bits per heavy atom. The molecule has 1 aromatic heterocycles. The molecule has 3 heteroatoms. The van der Waals surface area contributed by atoms with Gasteiger partial charge >= 0.3 is 0 Å². The normalized spacial score (nSPS) is 12.4. The Labute approximate surface area is 105 Å². The second-order valence-corrected chi connectivity index (χ2v) is 4.84. The molecule has 0 aliphatic heterocycles. The average molecular weight is 248 g/mol. The summed E-state index contributed by atoms with van der Waals surface area (Å²) in [6, 6.07) is 11.7. The van der Waals surface area contributed by atoms with Crippen molar-refractivity contribution >= 4 is 11.3 Å². The van der Waals surface area contributed by atoms with Crippen LogP contribution in [0, 0.1) is 0 Å². The van der Waals surface area contributed by atoms with Gasteiger partial charge in [0.25, 0.3) is 0 Å². The third-order valence-corrected chi connectivity index (χ3v) is 3.43. The maximum atomic E-state index is 10.1. The van der Waals surface area contributed by atoms with E-state index in [0.717, 1.165) is 11.3 Å². The second kappa shape index (κ2) is 5.84. The van der Waals surface area contributed by atoms with Crippen molar-refractivity contribution in [3.63, 3.8) is 0 Å². The van der Waals surface area contributed by atoms with Gasteiger partial charge in [0.15, 0.2) is 0 Å². The molecule has 17 heavy (non-hydrogen) atoms. The molecule has 2 aromatic rings. The number of rotatable bonds is 5. The molecule has 0 saturated heterocycles. The van der Waals surface area contributed by atoms with Gasteiger partial charge in [0.05, 0.1) is 12.7 Å². The topological polar surface area (TPSA) is 29.5 Å². The lowest BCUT2D eigenvalue weighted by Crippen LogP contribution is -2.01. The quantitative estimate of drug-likeness (QED) is 0.878. The van der Waals surface area contributed by atoms with E-state index in [0.29, 0.717) is 13.0 Å². The van der Waals surface area contributed by atoms with Gasteiger partial charge in [-0.15, -0.1) is 11.3 Å². The van der Waals surface area contributed by atoms with Crippen LogP contribution in [-0.2, 0) is 6.42 Å². The van der Waals surface area contributed by atoms with E-state index in [1.54, 1.807) is 11.3 Å². The maximum absolute atomic E-state index is 10.1. The molecule has 2 nitrogen and oxygen atoms in total. The zero-order valence-electron chi connectivity index (χ0n) is 9.80. The number of hydrogen-bond acceptors (Lipinski definition) is 3. The molecule has 0 aliphatic carbocycles. The van der Waals surface area contributed by atoms with E-state index in [-0.39, 0.29) is 0 Å². The minimum atomic E-state index is -0.464. The SMILES string of the molecule is CCOc1cccc(C(O)Cc2cccs2)c1. The van der Waals surface area contributed by atoms with Crippen molar-refractivity contribution in [3.05, 3.63) is 52.2 Å². The van der Waals surface area contributed by atoms with E-state index in [1.807, 2.05) is 48.7 Å². The Hall–Kier alpha value is -1.32. The van der Waals surface area contributed by atoms with Crippen LogP contribution in [0.3, 0.4) is 0 Å². The minimum absolute atomic E-state index is 0.464. The van der Waals surface area contributed by atoms with Crippen LogP contribution in [0.4, 0.5) is 0 Å². The van der Waals surface area contributed by atoms with Gasteiger partial charge in [-0.05, 0) is 36.1 Å². The first kappa shape index (κ1) is 12.1. The van der Waals surface area contributed by atoms with Crippen molar-refractivity contribution in [2.75, 3.05) is 6.61 Å². The van der Waals surface area contributed by atoms with Gasteiger partial charge in [-0.2, -0.15) is 0 Å². The van der Waals surface area contributed by atoms with Crippen LogP contribution in [-0.4, -0.2) is 11.7 Å². The lowest BCUT2D eigenvalue weighted by atomic mass is 10.1. The zero-order chi connectivity index (χ0) is 12.1. The van der Waals surface area contributed by atoms with Gasteiger partial charge in [0.1, 0.15) is 5.75 Å². The lowest BCUT2D eigenvalue weighted by molar-refractivity contribution is 0.179. The number of hydrogen-bond donors (Lipinski definition) is 1. The highest BCUT2D eigenvalue weighted by molar-refractivity contribution is 7.09. The van der Waals surface area contributed by atoms with E-state index < -0.39 is 6.10 Å². The first-order chi connectivity index (χ1) is 8.29. The van der Waals surface area contributed by atoms with Crippen LogP contribution in [0.1, 0.15) is 23.5 Å². The molecular weight excluding hydrogens is 232 g/mol. The smallest absolute Gasteiger partial charge is 0.119 e. The maximum Gasteiger partial charge on any atom is 0.119 e. The summed E-state index contributed by atoms with van der Waals surface area (Å²) in [4.78, 5) is 1.19. The summed E-state index contributed by atoms with van der Waals surface area (Å²) < 4.78 is 5.42. The van der Waals surface area contributed by atoms with Gasteiger partial charge in [-0.1, -0.05) is 18.2 Å². The highest BCUT2D eigenvalue weighted by Crippen LogP contribution is 2.24. The van der Waals surface area contributed by atoms with Gasteiger partial charge in [0, 0.05) is 11.3 Å². The molecule has 1 aromatic carbocycles. The molecule has 0 bridgehead atoms. The van der Waals surface area contributed by atoms with Crippen LogP contribution in [0.5, 0.6) is 5.75 Å². The Bertz CT molecular complexity index is 451. The van der Waals surface area contributed by atoms with E-state index in [2.05, 4.69) is 0 Å². The summed E-state index contributed by atoms with van der Waals surface area (Å²) in [5, 5.41) is 12.2. The molecule has 0 fully saturated rings. The van der Waals surface area contributed by atoms with E-state index in [9.17, 15) is 5.11 Å². The third kappa shape index (κ3) is 3.32. The number of benzene rings is 1. The summed E-state index contributed by atoms with van der Waals surface area (Å²) in [7, 11) is 0. The van der Waals surface area contributed by atoms with E-state index in [1.165, 1.54) is 4.88 Å². The standard InChI is InChI=1S/C14H16O2S/c1-2-16-12-6-3-5-11(9-12)14(15)10-13-7-4-8-17-13/h3-9,14-15H,2,10H2,1H3. The van der Waals surface area contributed by atoms with Gasteiger partial charge < -0.3 is 9.84 Å². The van der Waals surface area contributed by atoms with Gasteiger partial charge in [-0.3, -0.25) is 0 Å². The fraction of sp³-hybridized carbons (Fsp3) is 0.286. The molecule has 0 radical (unpaired) electrons. The Kier molecular flexibility index (Phi) is 4.18. The van der Waals surface area contributed by atoms with Crippen molar-refractivity contribution in [2.45, 2.75) is 19.4 Å². The fourth-order valence-corrected chi connectivity index (χ4v) is 2.46. The predicted octanol–water partition coefficient (Wildman–Crippen LogP) is 3.42. The van der Waals surface area contributed by atoms with E-state index >= 15 is 0 Å². The molecule has 1 heterocycles. The average Bonchev–Trinajstić information content (AvgIpc) is 2.83. The number of thiophene rings is 1. The van der Waals surface area contributed by atoms with Crippen LogP contribution in [0.25, 0.3) is 0 Å². The fourth-order valence-electron chi connectivity index (χ4n) is 1.72. The largest absolute Gasteiger partial charge is 0.494 e. The molecule has 1 N–H and O–H groups in total. The summed E-state index contributed by atoms with van der Waals surface area (Å²) >= 11 is 1.67. The molecule has 1 atom stereocenters. The summed E-state index contributed by atoms with van der Waals surface area (Å²) in [5.41, 5.74) is 0.907. The van der Waals surface area contributed by atoms with Crippen LogP contribution < -0.4 is 4.74 Å². The molecule has 2 rings (SSSR count). The Morgan fingerprint density at radius 1 is 1.29 bits per heavy atom. The number of ether oxygens (including phenoxy) is 1. The van der Waals surface area contributed by atoms with Crippen molar-refractivity contribution in [1.29, 1.82) is 0 Å². The van der Waals surface area contributed by atoms with E-state index in [4.69, 9.17) is 4.74 Å². The van der Waals surface area contributed by atoms with Gasteiger partial charge in [-0.25, -0.2) is 0 Å². The van der Waals surface area contributed by atoms with Crippen LogP contribution in [0.15, 0.2) is 41.8 Å². The highest BCUT2D eigenvalue weighted by Gasteiger charge is 2.09. The van der Waals surface area contributed by atoms with Gasteiger partial charge in [0.2, 0.25) is 0 Å². The molecule has 0 saturated carbocycles. The molecule has 90 valence electrons. The molecule has 0 amide bonds. The second-order valence-electron chi connectivity index (χ2n) is 3.80. The monoisotopic (exact) mass is 248 g/mol. The molecule has 0 spiro atoms. The molecule has 0 aliphatic rings. The molecular formula is C14H16O2S. The minimum Gasteiger partial charge on any atom is -0.494 e. The predicted molar refractivity (Wildman–Crippen MR) is 70.6 cm³/mol. The molecule has 1 unspecified atom stereocenters. The summed E-state index contributed by atoms with van der Waals surface area (Å²) in [6.07, 6.45) is 0.196. The van der Waals surface area contributed by atoms with Crippen LogP contribution in [0.2, 0.25) is 0 Å². The van der Waals surface area contributed by atoms with Crippen molar-refractivity contribution in [2.24, 2.45) is 0 Å². The third-order valence-electron chi connectivity index (χ3n) is 2.53. The highest BCUT2D eigenvalue weighted by atomic mass is 32.1. The number of aliphatic hydroxyl groups is 1. The summed E-state index contributed by atoms with van der Waals surface area (Å²) in [5.74, 6) is 0.815. The van der Waals surface area contributed by atoms with Crippen molar-refractivity contribution < 1.29 is 9.84 Å². The van der Waals surface area contributed by atoms with Crippen molar-refractivity contribution in [3.8, 4) is 5.75 Å². The summed E-state index contributed by atoms with van der Waals surface area (Å²) in [6.45, 7) is 2.60. The van der Waals surface area contributed by atoms with Crippen molar-refractivity contribution in [1.82, 2.24) is 0 Å². The Morgan fingerprint density at radius 3 is 2.88 bits per heavy atom. The Balaban J connectivity index is 2.07. The van der Waals surface area contributed by atoms with Crippen LogP contribution >= 0.6 is 11.3 Å².